The molecule has 3 N–H and O–H groups in total. The molecule has 0 saturated carbocycles. The molecule has 134 valence electrons. The van der Waals surface area contributed by atoms with E-state index in [9.17, 15) is 4.79 Å². The lowest BCUT2D eigenvalue weighted by molar-refractivity contribution is -0.116. The molecule has 1 unspecified atom stereocenters. The highest BCUT2D eigenvalue weighted by Gasteiger charge is 2.09. The van der Waals surface area contributed by atoms with Gasteiger partial charge in [-0.15, -0.1) is 24.8 Å². The topological polar surface area (TPSA) is 72.9 Å². The van der Waals surface area contributed by atoms with E-state index in [1.165, 1.54) is 0 Å². The van der Waals surface area contributed by atoms with Crippen LogP contribution in [0.5, 0.6) is 0 Å². The maximum absolute atomic E-state index is 11.8. The number of amides is 1. The van der Waals surface area contributed by atoms with Crippen molar-refractivity contribution >= 4 is 36.4 Å². The maximum atomic E-state index is 11.8. The first kappa shape index (κ1) is 22.4. The molecule has 0 saturated heterocycles. The molecule has 7 heteroatoms. The first-order valence-corrected chi connectivity index (χ1v) is 7.61. The van der Waals surface area contributed by atoms with Crippen LogP contribution in [-0.2, 0) is 11.3 Å². The molecule has 0 aliphatic carbocycles. The molecule has 0 aliphatic rings. The van der Waals surface area contributed by atoms with Crippen LogP contribution in [0.3, 0.4) is 0 Å². The fourth-order valence-corrected chi connectivity index (χ4v) is 2.40. The Morgan fingerprint density at radius 3 is 2.62 bits per heavy atom. The van der Waals surface area contributed by atoms with Crippen molar-refractivity contribution in [2.45, 2.75) is 45.7 Å². The predicted octanol–water partition coefficient (Wildman–Crippen LogP) is 3.57. The van der Waals surface area contributed by atoms with Gasteiger partial charge < -0.3 is 15.6 Å². The van der Waals surface area contributed by atoms with Crippen molar-refractivity contribution in [3.8, 4) is 0 Å². The summed E-state index contributed by atoms with van der Waals surface area (Å²) in [4.78, 5) is 16.2. The maximum Gasteiger partial charge on any atom is 0.225 e. The fraction of sp³-hybridized carbons (Fsp3) is 0.412. The third-order valence-corrected chi connectivity index (χ3v) is 3.34. The summed E-state index contributed by atoms with van der Waals surface area (Å²) in [5.74, 6) is 1.38. The van der Waals surface area contributed by atoms with E-state index in [1.807, 2.05) is 43.6 Å². The first-order valence-electron chi connectivity index (χ1n) is 7.61. The van der Waals surface area contributed by atoms with Gasteiger partial charge in [0.05, 0.1) is 0 Å². The van der Waals surface area contributed by atoms with E-state index in [0.29, 0.717) is 12.3 Å². The molecule has 1 amide bonds. The lowest BCUT2D eigenvalue weighted by Crippen LogP contribution is -2.24. The highest BCUT2D eigenvalue weighted by Crippen LogP contribution is 2.16. The summed E-state index contributed by atoms with van der Waals surface area (Å²) in [5.41, 5.74) is 7.56. The standard InChI is InChI=1S/C17H24N4O.2ClH/c1-12(2)17-19-7-8-21(17)11-14-5-4-6-15(10-14)20-16(22)9-13(3)18;;/h4-8,10,12-13H,9,11,18H2,1-3H3,(H,20,22);2*1H. The number of rotatable bonds is 6. The minimum absolute atomic E-state index is 0. The average molecular weight is 373 g/mol. The van der Waals surface area contributed by atoms with Crippen molar-refractivity contribution in [2.24, 2.45) is 5.73 Å². The third-order valence-electron chi connectivity index (χ3n) is 3.34. The second-order valence-corrected chi connectivity index (χ2v) is 6.00. The second kappa shape index (κ2) is 10.3. The number of nitrogens with zero attached hydrogens (tertiary/aromatic N) is 2. The van der Waals surface area contributed by atoms with Gasteiger partial charge in [-0.25, -0.2) is 4.98 Å². The molecule has 2 rings (SSSR count). The van der Waals surface area contributed by atoms with Crippen molar-refractivity contribution in [2.75, 3.05) is 5.32 Å². The fourth-order valence-electron chi connectivity index (χ4n) is 2.40. The molecular formula is C17H26Cl2N4O. The molecule has 0 fully saturated rings. The summed E-state index contributed by atoms with van der Waals surface area (Å²) in [5, 5.41) is 2.89. The molecule has 2 aromatic rings. The van der Waals surface area contributed by atoms with E-state index in [0.717, 1.165) is 23.6 Å². The molecule has 0 radical (unpaired) electrons. The summed E-state index contributed by atoms with van der Waals surface area (Å²) in [6, 6.07) is 7.74. The van der Waals surface area contributed by atoms with E-state index < -0.39 is 0 Å². The Balaban J connectivity index is 0.00000264. The average Bonchev–Trinajstić information content (AvgIpc) is 2.86. The molecule has 24 heavy (non-hydrogen) atoms. The normalized spacial score (nSPS) is 11.4. The van der Waals surface area contributed by atoms with E-state index >= 15 is 0 Å². The minimum atomic E-state index is -0.136. The van der Waals surface area contributed by atoms with E-state index in [4.69, 9.17) is 5.73 Å². The monoisotopic (exact) mass is 372 g/mol. The van der Waals surface area contributed by atoms with Crippen LogP contribution in [0.25, 0.3) is 0 Å². The summed E-state index contributed by atoms with van der Waals surface area (Å²) in [7, 11) is 0. The van der Waals surface area contributed by atoms with E-state index in [2.05, 4.69) is 28.7 Å². The van der Waals surface area contributed by atoms with Crippen molar-refractivity contribution in [3.05, 3.63) is 48.0 Å². The zero-order valence-electron chi connectivity index (χ0n) is 14.2. The quantitative estimate of drug-likeness (QED) is 0.813. The molecule has 0 bridgehead atoms. The number of anilines is 1. The minimum Gasteiger partial charge on any atom is -0.330 e. The zero-order chi connectivity index (χ0) is 16.1. The van der Waals surface area contributed by atoms with Gasteiger partial charge in [-0.2, -0.15) is 0 Å². The van der Waals surface area contributed by atoms with Crippen molar-refractivity contribution < 1.29 is 4.79 Å². The molecule has 0 spiro atoms. The number of halogens is 2. The van der Waals surface area contributed by atoms with Gasteiger partial charge in [0.2, 0.25) is 5.91 Å². The molecular weight excluding hydrogens is 347 g/mol. The van der Waals surface area contributed by atoms with Crippen LogP contribution in [-0.4, -0.2) is 21.5 Å². The lowest BCUT2D eigenvalue weighted by Gasteiger charge is -2.12. The number of nitrogens with one attached hydrogen (secondary N) is 1. The summed E-state index contributed by atoms with van der Waals surface area (Å²) < 4.78 is 2.13. The van der Waals surface area contributed by atoms with Gasteiger partial charge >= 0.3 is 0 Å². The number of nitrogens with two attached hydrogens (primary N) is 1. The van der Waals surface area contributed by atoms with Crippen LogP contribution in [0.2, 0.25) is 0 Å². The van der Waals surface area contributed by atoms with Gasteiger partial charge in [-0.05, 0) is 24.6 Å². The van der Waals surface area contributed by atoms with Gasteiger partial charge in [0, 0.05) is 43.0 Å². The van der Waals surface area contributed by atoms with Gasteiger partial charge in [-0.3, -0.25) is 4.79 Å². The predicted molar refractivity (Wildman–Crippen MR) is 103 cm³/mol. The number of hydrogen-bond acceptors (Lipinski definition) is 3. The molecule has 1 aromatic carbocycles. The molecule has 1 aromatic heterocycles. The number of carbonyl (C=O) groups excluding carboxylic acids is 1. The number of imidazole rings is 1. The van der Waals surface area contributed by atoms with Gasteiger partial charge in [0.1, 0.15) is 5.82 Å². The zero-order valence-corrected chi connectivity index (χ0v) is 15.9. The molecule has 1 heterocycles. The van der Waals surface area contributed by atoms with E-state index in [-0.39, 0.29) is 36.8 Å². The van der Waals surface area contributed by atoms with Crippen LogP contribution in [0.4, 0.5) is 5.69 Å². The Morgan fingerprint density at radius 2 is 2.00 bits per heavy atom. The van der Waals surface area contributed by atoms with Crippen molar-refractivity contribution in [1.82, 2.24) is 9.55 Å². The summed E-state index contributed by atoms with van der Waals surface area (Å²) >= 11 is 0. The third kappa shape index (κ3) is 6.51. The smallest absolute Gasteiger partial charge is 0.225 e. The Labute approximate surface area is 155 Å². The first-order chi connectivity index (χ1) is 10.5. The summed E-state index contributed by atoms with van der Waals surface area (Å²) in [6.45, 7) is 6.82. The molecule has 0 aliphatic heterocycles. The van der Waals surface area contributed by atoms with Gasteiger partial charge in [0.25, 0.3) is 0 Å². The van der Waals surface area contributed by atoms with Crippen LogP contribution in [0.1, 0.15) is 44.5 Å². The van der Waals surface area contributed by atoms with Gasteiger partial charge in [-0.1, -0.05) is 26.0 Å². The van der Waals surface area contributed by atoms with Crippen LogP contribution in [0.15, 0.2) is 36.7 Å². The van der Waals surface area contributed by atoms with Crippen LogP contribution < -0.4 is 11.1 Å². The van der Waals surface area contributed by atoms with E-state index in [1.54, 1.807) is 0 Å². The Morgan fingerprint density at radius 1 is 1.29 bits per heavy atom. The number of aromatic nitrogens is 2. The van der Waals surface area contributed by atoms with Crippen LogP contribution >= 0.6 is 24.8 Å². The van der Waals surface area contributed by atoms with Crippen LogP contribution in [0, 0.1) is 0 Å². The highest BCUT2D eigenvalue weighted by atomic mass is 35.5. The van der Waals surface area contributed by atoms with Crippen molar-refractivity contribution in [1.29, 1.82) is 0 Å². The Hall–Kier alpha value is -1.56. The van der Waals surface area contributed by atoms with Gasteiger partial charge in [0.15, 0.2) is 0 Å². The highest BCUT2D eigenvalue weighted by molar-refractivity contribution is 5.91. The molecule has 5 nitrogen and oxygen atoms in total. The second-order valence-electron chi connectivity index (χ2n) is 6.00. The largest absolute Gasteiger partial charge is 0.330 e. The summed E-state index contributed by atoms with van der Waals surface area (Å²) in [6.07, 6.45) is 4.13. The molecule has 1 atom stereocenters. The number of carbonyl (C=O) groups is 1. The SMILES string of the molecule is CC(N)CC(=O)Nc1cccc(Cn2ccnc2C(C)C)c1.Cl.Cl. The Bertz CT molecular complexity index is 641. The van der Waals surface area contributed by atoms with Crippen molar-refractivity contribution in [3.63, 3.8) is 0 Å². The Kier molecular flexibility index (Phi) is 9.66. The number of hydrogen-bond donors (Lipinski definition) is 2. The lowest BCUT2D eigenvalue weighted by atomic mass is 10.1. The number of benzene rings is 1.